The minimum absolute atomic E-state index is 0.0887. The quantitative estimate of drug-likeness (QED) is 0.758. The minimum atomic E-state index is -0.0887. The van der Waals surface area contributed by atoms with Crippen LogP contribution in [0.5, 0.6) is 0 Å². The second kappa shape index (κ2) is 4.31. The summed E-state index contributed by atoms with van der Waals surface area (Å²) in [4.78, 5) is 5.34. The van der Waals surface area contributed by atoms with Crippen molar-refractivity contribution in [1.82, 2.24) is 4.98 Å². The van der Waals surface area contributed by atoms with Crippen LogP contribution in [0, 0.1) is 11.3 Å². The zero-order valence-electron chi connectivity index (χ0n) is 10.2. The SMILES string of the molecule is CC(C)(C)c1nc(-c2ccccc2)sc1C#N. The number of rotatable bonds is 1. The van der Waals surface area contributed by atoms with Crippen LogP contribution in [0.2, 0.25) is 0 Å². The second-order valence-corrected chi connectivity index (χ2v) is 5.92. The third-order valence-corrected chi connectivity index (χ3v) is 3.47. The Morgan fingerprint density at radius 3 is 2.29 bits per heavy atom. The van der Waals surface area contributed by atoms with Crippen molar-refractivity contribution in [3.05, 3.63) is 40.9 Å². The average molecular weight is 242 g/mol. The Labute approximate surface area is 106 Å². The minimum Gasteiger partial charge on any atom is -0.239 e. The molecule has 0 bridgehead atoms. The number of thiazole rings is 1. The molecule has 0 saturated carbocycles. The van der Waals surface area contributed by atoms with Crippen molar-refractivity contribution in [3.63, 3.8) is 0 Å². The molecule has 86 valence electrons. The summed E-state index contributed by atoms with van der Waals surface area (Å²) in [5.41, 5.74) is 1.88. The third kappa shape index (κ3) is 2.37. The predicted octanol–water partition coefficient (Wildman–Crippen LogP) is 3.98. The number of aromatic nitrogens is 1. The fraction of sp³-hybridized carbons (Fsp3) is 0.286. The van der Waals surface area contributed by atoms with E-state index in [9.17, 15) is 0 Å². The lowest BCUT2D eigenvalue weighted by molar-refractivity contribution is 0.572. The van der Waals surface area contributed by atoms with Gasteiger partial charge in [0.25, 0.3) is 0 Å². The maximum Gasteiger partial charge on any atom is 0.128 e. The molecule has 1 aromatic heterocycles. The molecule has 0 saturated heterocycles. The molecule has 0 atom stereocenters. The van der Waals surface area contributed by atoms with E-state index in [1.165, 1.54) is 11.3 Å². The van der Waals surface area contributed by atoms with E-state index < -0.39 is 0 Å². The topological polar surface area (TPSA) is 36.7 Å². The molecule has 0 spiro atoms. The molecule has 2 nitrogen and oxygen atoms in total. The van der Waals surface area contributed by atoms with E-state index in [-0.39, 0.29) is 5.41 Å². The standard InChI is InChI=1S/C14H14N2S/c1-14(2,3)12-11(9-15)17-13(16-12)10-7-5-4-6-8-10/h4-8H,1-3H3. The molecular weight excluding hydrogens is 228 g/mol. The zero-order chi connectivity index (χ0) is 12.5. The van der Waals surface area contributed by atoms with Crippen LogP contribution in [0.3, 0.4) is 0 Å². The summed E-state index contributed by atoms with van der Waals surface area (Å²) in [5.74, 6) is 0. The van der Waals surface area contributed by atoms with Gasteiger partial charge in [0.1, 0.15) is 16.0 Å². The first-order chi connectivity index (χ1) is 8.02. The monoisotopic (exact) mass is 242 g/mol. The Morgan fingerprint density at radius 1 is 1.18 bits per heavy atom. The highest BCUT2D eigenvalue weighted by Gasteiger charge is 2.23. The van der Waals surface area contributed by atoms with Gasteiger partial charge in [-0.25, -0.2) is 4.98 Å². The van der Waals surface area contributed by atoms with Crippen LogP contribution in [-0.2, 0) is 5.41 Å². The van der Waals surface area contributed by atoms with Gasteiger partial charge in [-0.1, -0.05) is 51.1 Å². The molecule has 0 aliphatic heterocycles. The van der Waals surface area contributed by atoms with E-state index in [0.717, 1.165) is 21.1 Å². The zero-order valence-corrected chi connectivity index (χ0v) is 11.0. The summed E-state index contributed by atoms with van der Waals surface area (Å²) in [6.07, 6.45) is 0. The van der Waals surface area contributed by atoms with Crippen molar-refractivity contribution < 1.29 is 0 Å². The Balaban J connectivity index is 2.54. The number of nitrogens with zero attached hydrogens (tertiary/aromatic N) is 2. The van der Waals surface area contributed by atoms with Crippen LogP contribution in [-0.4, -0.2) is 4.98 Å². The van der Waals surface area contributed by atoms with Crippen LogP contribution in [0.4, 0.5) is 0 Å². The summed E-state index contributed by atoms with van der Waals surface area (Å²) in [5, 5.41) is 10.1. The summed E-state index contributed by atoms with van der Waals surface area (Å²) < 4.78 is 0. The highest BCUT2D eigenvalue weighted by molar-refractivity contribution is 7.15. The van der Waals surface area contributed by atoms with Gasteiger partial charge in [-0.2, -0.15) is 5.26 Å². The van der Waals surface area contributed by atoms with E-state index in [4.69, 9.17) is 5.26 Å². The molecule has 0 amide bonds. The molecule has 2 rings (SSSR count). The smallest absolute Gasteiger partial charge is 0.128 e. The van der Waals surface area contributed by atoms with Crippen molar-refractivity contribution in [3.8, 4) is 16.6 Å². The van der Waals surface area contributed by atoms with E-state index in [1.807, 2.05) is 30.3 Å². The predicted molar refractivity (Wildman–Crippen MR) is 71.0 cm³/mol. The highest BCUT2D eigenvalue weighted by atomic mass is 32.1. The van der Waals surface area contributed by atoms with Crippen LogP contribution < -0.4 is 0 Å². The van der Waals surface area contributed by atoms with E-state index in [0.29, 0.717) is 0 Å². The van der Waals surface area contributed by atoms with Gasteiger partial charge in [-0.15, -0.1) is 11.3 Å². The summed E-state index contributed by atoms with van der Waals surface area (Å²) in [6, 6.07) is 12.2. The van der Waals surface area contributed by atoms with Crippen molar-refractivity contribution >= 4 is 11.3 Å². The first-order valence-corrected chi connectivity index (χ1v) is 6.31. The lowest BCUT2D eigenvalue weighted by atomic mass is 9.91. The highest BCUT2D eigenvalue weighted by Crippen LogP contribution is 2.33. The fourth-order valence-corrected chi connectivity index (χ4v) is 2.69. The normalized spacial score (nSPS) is 11.2. The average Bonchev–Trinajstić information content (AvgIpc) is 2.74. The second-order valence-electron chi connectivity index (χ2n) is 4.92. The van der Waals surface area contributed by atoms with Gasteiger partial charge >= 0.3 is 0 Å². The van der Waals surface area contributed by atoms with Crippen molar-refractivity contribution in [2.45, 2.75) is 26.2 Å². The van der Waals surface area contributed by atoms with Crippen LogP contribution >= 0.6 is 11.3 Å². The van der Waals surface area contributed by atoms with Crippen molar-refractivity contribution in [2.24, 2.45) is 0 Å². The maximum atomic E-state index is 9.16. The van der Waals surface area contributed by atoms with Crippen LogP contribution in [0.1, 0.15) is 31.3 Å². The summed E-state index contributed by atoms with van der Waals surface area (Å²) in [6.45, 7) is 6.24. The number of nitriles is 1. The first-order valence-electron chi connectivity index (χ1n) is 5.49. The van der Waals surface area contributed by atoms with Gasteiger partial charge in [0.05, 0.1) is 5.69 Å². The van der Waals surface area contributed by atoms with Gasteiger partial charge < -0.3 is 0 Å². The van der Waals surface area contributed by atoms with E-state index in [1.54, 1.807) is 0 Å². The Bertz CT molecular complexity index is 556. The summed E-state index contributed by atoms with van der Waals surface area (Å²) in [7, 11) is 0. The van der Waals surface area contributed by atoms with Crippen LogP contribution in [0.15, 0.2) is 30.3 Å². The lowest BCUT2D eigenvalue weighted by Crippen LogP contribution is -2.13. The molecule has 0 unspecified atom stereocenters. The molecule has 0 N–H and O–H groups in total. The molecule has 2 aromatic rings. The molecule has 3 heteroatoms. The molecule has 0 aliphatic rings. The van der Waals surface area contributed by atoms with E-state index >= 15 is 0 Å². The van der Waals surface area contributed by atoms with Gasteiger partial charge in [0.15, 0.2) is 0 Å². The number of benzene rings is 1. The van der Waals surface area contributed by atoms with Gasteiger partial charge in [-0.3, -0.25) is 0 Å². The molecule has 0 radical (unpaired) electrons. The lowest BCUT2D eigenvalue weighted by Gasteiger charge is -2.15. The summed E-state index contributed by atoms with van der Waals surface area (Å²) >= 11 is 1.47. The molecule has 17 heavy (non-hydrogen) atoms. The largest absolute Gasteiger partial charge is 0.239 e. The van der Waals surface area contributed by atoms with E-state index in [2.05, 4.69) is 31.8 Å². The molecule has 1 heterocycles. The number of hydrogen-bond donors (Lipinski definition) is 0. The fourth-order valence-electron chi connectivity index (χ4n) is 1.61. The number of hydrogen-bond acceptors (Lipinski definition) is 3. The van der Waals surface area contributed by atoms with Crippen LogP contribution in [0.25, 0.3) is 10.6 Å². The maximum absolute atomic E-state index is 9.16. The molecule has 0 fully saturated rings. The third-order valence-electron chi connectivity index (χ3n) is 2.46. The van der Waals surface area contributed by atoms with Crippen molar-refractivity contribution in [2.75, 3.05) is 0 Å². The molecular formula is C14H14N2S. The Morgan fingerprint density at radius 2 is 1.82 bits per heavy atom. The van der Waals surface area contributed by atoms with Crippen molar-refractivity contribution in [1.29, 1.82) is 5.26 Å². The van der Waals surface area contributed by atoms with Gasteiger partial charge in [0.2, 0.25) is 0 Å². The van der Waals surface area contributed by atoms with Gasteiger partial charge in [-0.05, 0) is 0 Å². The molecule has 0 aliphatic carbocycles. The first kappa shape index (κ1) is 11.8. The van der Waals surface area contributed by atoms with Gasteiger partial charge in [0, 0.05) is 11.0 Å². The Hall–Kier alpha value is -1.66. The molecule has 1 aromatic carbocycles. The Kier molecular flexibility index (Phi) is 2.99.